The molecule has 2 nitrogen and oxygen atoms in total. The number of anilines is 1. The van der Waals surface area contributed by atoms with E-state index in [4.69, 9.17) is 0 Å². The van der Waals surface area contributed by atoms with Crippen LogP contribution >= 0.6 is 0 Å². The van der Waals surface area contributed by atoms with Crippen LogP contribution in [0.1, 0.15) is 45.1 Å². The molecule has 1 fully saturated rings. The predicted molar refractivity (Wildman–Crippen MR) is 83.5 cm³/mol. The first-order chi connectivity index (χ1) is 8.96. The molecule has 0 unspecified atom stereocenters. The maximum atomic E-state index is 3.77. The molecule has 1 saturated carbocycles. The Balaban J connectivity index is 1.99. The number of hydrogen-bond donors (Lipinski definition) is 1. The number of benzene rings is 1. The molecule has 0 aliphatic heterocycles. The van der Waals surface area contributed by atoms with Gasteiger partial charge < -0.3 is 10.2 Å². The standard InChI is InChI=1S/C17H28N2/c1-17(2)11-9-15(10-12-17)18-16-8-6-5-7-14(16)13-19(3)4/h5-8,15,18H,9-13H2,1-4H3. The average Bonchev–Trinajstić information content (AvgIpc) is 2.33. The van der Waals surface area contributed by atoms with Crippen LogP contribution in [0.5, 0.6) is 0 Å². The lowest BCUT2D eigenvalue weighted by molar-refractivity contribution is 0.232. The fourth-order valence-corrected chi connectivity index (χ4v) is 2.90. The van der Waals surface area contributed by atoms with Crippen LogP contribution in [0.4, 0.5) is 5.69 Å². The highest BCUT2D eigenvalue weighted by Crippen LogP contribution is 2.36. The molecule has 0 heterocycles. The third kappa shape index (κ3) is 4.24. The first-order valence-corrected chi connectivity index (χ1v) is 7.45. The lowest BCUT2D eigenvalue weighted by atomic mass is 9.75. The molecular formula is C17H28N2. The minimum absolute atomic E-state index is 0.543. The van der Waals surface area contributed by atoms with E-state index in [-0.39, 0.29) is 0 Å². The molecule has 0 atom stereocenters. The van der Waals surface area contributed by atoms with Crippen LogP contribution in [-0.2, 0) is 6.54 Å². The fraction of sp³-hybridized carbons (Fsp3) is 0.647. The zero-order chi connectivity index (χ0) is 13.9. The van der Waals surface area contributed by atoms with E-state index in [0.717, 1.165) is 6.54 Å². The van der Waals surface area contributed by atoms with Gasteiger partial charge in [-0.1, -0.05) is 32.0 Å². The van der Waals surface area contributed by atoms with E-state index in [0.29, 0.717) is 11.5 Å². The van der Waals surface area contributed by atoms with Crippen molar-refractivity contribution in [2.75, 3.05) is 19.4 Å². The van der Waals surface area contributed by atoms with Gasteiger partial charge >= 0.3 is 0 Å². The van der Waals surface area contributed by atoms with Gasteiger partial charge in [0.2, 0.25) is 0 Å². The second kappa shape index (κ2) is 5.96. The van der Waals surface area contributed by atoms with Crippen molar-refractivity contribution in [1.29, 1.82) is 0 Å². The Morgan fingerprint density at radius 3 is 2.42 bits per heavy atom. The van der Waals surface area contributed by atoms with Gasteiger partial charge in [-0.15, -0.1) is 0 Å². The van der Waals surface area contributed by atoms with E-state index in [1.165, 1.54) is 36.9 Å². The molecule has 19 heavy (non-hydrogen) atoms. The summed E-state index contributed by atoms with van der Waals surface area (Å²) in [5, 5.41) is 3.77. The Morgan fingerprint density at radius 2 is 1.79 bits per heavy atom. The molecule has 0 bridgehead atoms. The molecule has 0 radical (unpaired) electrons. The Labute approximate surface area is 118 Å². The fourth-order valence-electron chi connectivity index (χ4n) is 2.90. The summed E-state index contributed by atoms with van der Waals surface area (Å²) in [7, 11) is 4.25. The summed E-state index contributed by atoms with van der Waals surface area (Å²) >= 11 is 0. The van der Waals surface area contributed by atoms with Crippen molar-refractivity contribution in [3.05, 3.63) is 29.8 Å². The summed E-state index contributed by atoms with van der Waals surface area (Å²) in [5.74, 6) is 0. The number of hydrogen-bond acceptors (Lipinski definition) is 2. The summed E-state index contributed by atoms with van der Waals surface area (Å²) < 4.78 is 0. The second-order valence-electron chi connectivity index (χ2n) is 6.98. The molecule has 0 amide bonds. The molecule has 0 saturated heterocycles. The summed E-state index contributed by atoms with van der Waals surface area (Å²) in [5.41, 5.74) is 3.26. The highest BCUT2D eigenvalue weighted by molar-refractivity contribution is 5.51. The van der Waals surface area contributed by atoms with Crippen molar-refractivity contribution in [3.8, 4) is 0 Å². The quantitative estimate of drug-likeness (QED) is 0.875. The van der Waals surface area contributed by atoms with E-state index in [2.05, 4.69) is 62.4 Å². The predicted octanol–water partition coefficient (Wildman–Crippen LogP) is 4.13. The van der Waals surface area contributed by atoms with Gasteiger partial charge in [-0.25, -0.2) is 0 Å². The molecule has 106 valence electrons. The van der Waals surface area contributed by atoms with Gasteiger partial charge in [-0.05, 0) is 56.8 Å². The van der Waals surface area contributed by atoms with Crippen LogP contribution in [0.25, 0.3) is 0 Å². The first kappa shape index (κ1) is 14.4. The van der Waals surface area contributed by atoms with Crippen molar-refractivity contribution in [1.82, 2.24) is 4.90 Å². The molecule has 1 N–H and O–H groups in total. The molecule has 0 spiro atoms. The smallest absolute Gasteiger partial charge is 0.0388 e. The number of rotatable bonds is 4. The van der Waals surface area contributed by atoms with Gasteiger partial charge in [0.15, 0.2) is 0 Å². The molecule has 1 aromatic rings. The van der Waals surface area contributed by atoms with E-state index in [1.54, 1.807) is 0 Å². The van der Waals surface area contributed by atoms with Gasteiger partial charge in [-0.3, -0.25) is 0 Å². The van der Waals surface area contributed by atoms with Crippen molar-refractivity contribution in [2.45, 2.75) is 52.1 Å². The lowest BCUT2D eigenvalue weighted by Gasteiger charge is -2.35. The Kier molecular flexibility index (Phi) is 4.51. The highest BCUT2D eigenvalue weighted by atomic mass is 15.1. The van der Waals surface area contributed by atoms with Gasteiger partial charge in [0.1, 0.15) is 0 Å². The van der Waals surface area contributed by atoms with E-state index >= 15 is 0 Å². The number of nitrogens with one attached hydrogen (secondary N) is 1. The van der Waals surface area contributed by atoms with Gasteiger partial charge in [0.05, 0.1) is 0 Å². The Hall–Kier alpha value is -1.02. The minimum Gasteiger partial charge on any atom is -0.382 e. The normalized spacial score (nSPS) is 19.6. The Morgan fingerprint density at radius 1 is 1.16 bits per heavy atom. The maximum Gasteiger partial charge on any atom is 0.0388 e. The summed E-state index contributed by atoms with van der Waals surface area (Å²) in [4.78, 5) is 2.23. The summed E-state index contributed by atoms with van der Waals surface area (Å²) in [6.45, 7) is 5.79. The Bertz CT molecular complexity index is 399. The zero-order valence-electron chi connectivity index (χ0n) is 12.9. The third-order valence-corrected chi connectivity index (χ3v) is 4.20. The zero-order valence-corrected chi connectivity index (χ0v) is 12.9. The number of nitrogens with zero attached hydrogens (tertiary/aromatic N) is 1. The highest BCUT2D eigenvalue weighted by Gasteiger charge is 2.26. The first-order valence-electron chi connectivity index (χ1n) is 7.45. The number of para-hydroxylation sites is 1. The van der Waals surface area contributed by atoms with Crippen molar-refractivity contribution in [3.63, 3.8) is 0 Å². The molecule has 1 aliphatic rings. The molecule has 1 aromatic carbocycles. The van der Waals surface area contributed by atoms with Crippen LogP contribution < -0.4 is 5.32 Å². The maximum absolute atomic E-state index is 3.77. The summed E-state index contributed by atoms with van der Waals surface area (Å²) in [6, 6.07) is 9.37. The largest absolute Gasteiger partial charge is 0.382 e. The topological polar surface area (TPSA) is 15.3 Å². The molecule has 0 aromatic heterocycles. The van der Waals surface area contributed by atoms with Crippen LogP contribution in [0, 0.1) is 5.41 Å². The van der Waals surface area contributed by atoms with Crippen LogP contribution in [0.15, 0.2) is 24.3 Å². The monoisotopic (exact) mass is 260 g/mol. The average molecular weight is 260 g/mol. The van der Waals surface area contributed by atoms with Gasteiger partial charge in [0, 0.05) is 18.3 Å². The third-order valence-electron chi connectivity index (χ3n) is 4.20. The van der Waals surface area contributed by atoms with Gasteiger partial charge in [0.25, 0.3) is 0 Å². The van der Waals surface area contributed by atoms with E-state index in [9.17, 15) is 0 Å². The lowest BCUT2D eigenvalue weighted by Crippen LogP contribution is -2.30. The minimum atomic E-state index is 0.543. The van der Waals surface area contributed by atoms with E-state index < -0.39 is 0 Å². The van der Waals surface area contributed by atoms with E-state index in [1.807, 2.05) is 0 Å². The van der Waals surface area contributed by atoms with Crippen LogP contribution in [-0.4, -0.2) is 25.0 Å². The van der Waals surface area contributed by atoms with Crippen molar-refractivity contribution in [2.24, 2.45) is 5.41 Å². The summed E-state index contributed by atoms with van der Waals surface area (Å²) in [6.07, 6.45) is 5.26. The second-order valence-corrected chi connectivity index (χ2v) is 6.98. The van der Waals surface area contributed by atoms with Crippen LogP contribution in [0.3, 0.4) is 0 Å². The molecule has 2 heteroatoms. The van der Waals surface area contributed by atoms with Crippen molar-refractivity contribution >= 4 is 5.69 Å². The van der Waals surface area contributed by atoms with Crippen LogP contribution in [0.2, 0.25) is 0 Å². The molecule has 2 rings (SSSR count). The van der Waals surface area contributed by atoms with Gasteiger partial charge in [-0.2, -0.15) is 0 Å². The molecule has 1 aliphatic carbocycles. The van der Waals surface area contributed by atoms with Crippen molar-refractivity contribution < 1.29 is 0 Å². The SMILES string of the molecule is CN(C)Cc1ccccc1NC1CCC(C)(C)CC1. The molecular weight excluding hydrogens is 232 g/mol.